The number of para-hydroxylation sites is 1. The maximum atomic E-state index is 12.3. The van der Waals surface area contributed by atoms with Crippen molar-refractivity contribution >= 4 is 22.8 Å². The van der Waals surface area contributed by atoms with E-state index in [2.05, 4.69) is 21.8 Å². The summed E-state index contributed by atoms with van der Waals surface area (Å²) >= 11 is 0. The summed E-state index contributed by atoms with van der Waals surface area (Å²) < 4.78 is 7.80. The Morgan fingerprint density at radius 3 is 2.62 bits per heavy atom. The van der Waals surface area contributed by atoms with Gasteiger partial charge in [-0.1, -0.05) is 24.1 Å². The lowest BCUT2D eigenvalue weighted by molar-refractivity contribution is -0.126. The van der Waals surface area contributed by atoms with Gasteiger partial charge >= 0.3 is 0 Å². The van der Waals surface area contributed by atoms with Gasteiger partial charge in [0.2, 0.25) is 0 Å². The molecular weight excluding hydrogens is 428 g/mol. The van der Waals surface area contributed by atoms with Gasteiger partial charge in [-0.05, 0) is 62.1 Å². The minimum Gasteiger partial charge on any atom is -0.457 e. The number of aromatic nitrogens is 4. The zero-order chi connectivity index (χ0) is 23.5. The summed E-state index contributed by atoms with van der Waals surface area (Å²) in [6.45, 7) is 2.88. The number of nitrogens with zero attached hydrogens (tertiary/aromatic N) is 5. The van der Waals surface area contributed by atoms with Crippen molar-refractivity contribution in [1.29, 1.82) is 0 Å². The molecule has 0 aliphatic carbocycles. The van der Waals surface area contributed by atoms with Crippen molar-refractivity contribution in [3.8, 4) is 34.6 Å². The van der Waals surface area contributed by atoms with Crippen LogP contribution in [0.25, 0.3) is 22.3 Å². The van der Waals surface area contributed by atoms with Gasteiger partial charge in [0, 0.05) is 18.7 Å². The lowest BCUT2D eigenvalue weighted by Gasteiger charge is -2.31. The van der Waals surface area contributed by atoms with Crippen molar-refractivity contribution in [3.05, 3.63) is 60.9 Å². The average Bonchev–Trinajstić information content (AvgIpc) is 3.26. The second-order valence-corrected chi connectivity index (χ2v) is 8.11. The van der Waals surface area contributed by atoms with E-state index in [0.29, 0.717) is 35.6 Å². The predicted octanol–water partition coefficient (Wildman–Crippen LogP) is 4.05. The van der Waals surface area contributed by atoms with Gasteiger partial charge in [0.05, 0.1) is 11.4 Å². The van der Waals surface area contributed by atoms with Crippen molar-refractivity contribution in [2.75, 3.05) is 18.8 Å². The second-order valence-electron chi connectivity index (χ2n) is 8.11. The number of piperidine rings is 1. The summed E-state index contributed by atoms with van der Waals surface area (Å²) in [4.78, 5) is 22.8. The first-order chi connectivity index (χ1) is 16.6. The van der Waals surface area contributed by atoms with Crippen LogP contribution in [0.1, 0.15) is 25.8 Å². The lowest BCUT2D eigenvalue weighted by atomic mass is 10.1. The van der Waals surface area contributed by atoms with E-state index in [-0.39, 0.29) is 11.9 Å². The van der Waals surface area contributed by atoms with Crippen LogP contribution in [0.2, 0.25) is 0 Å². The van der Waals surface area contributed by atoms with Crippen molar-refractivity contribution < 1.29 is 9.53 Å². The molecule has 0 spiro atoms. The highest BCUT2D eigenvalue weighted by Gasteiger charge is 2.28. The van der Waals surface area contributed by atoms with Gasteiger partial charge < -0.3 is 15.4 Å². The lowest BCUT2D eigenvalue weighted by Crippen LogP contribution is -2.40. The smallest absolute Gasteiger partial charge is 0.298 e. The minimum atomic E-state index is -0.160. The fourth-order valence-electron chi connectivity index (χ4n) is 4.28. The first-order valence-corrected chi connectivity index (χ1v) is 11.2. The number of carbonyl (C=O) groups excluding carboxylic acids is 1. The Bertz CT molecular complexity index is 1390. The number of fused-ring (bicyclic) bond motifs is 1. The predicted molar refractivity (Wildman–Crippen MR) is 130 cm³/mol. The summed E-state index contributed by atoms with van der Waals surface area (Å²) in [6, 6.07) is 17.3. The Labute approximate surface area is 197 Å². The summed E-state index contributed by atoms with van der Waals surface area (Å²) in [5, 5.41) is 5.62. The van der Waals surface area contributed by atoms with Crippen LogP contribution in [-0.4, -0.2) is 43.6 Å². The first-order valence-electron chi connectivity index (χ1n) is 11.2. The third kappa shape index (κ3) is 4.16. The molecule has 1 aliphatic rings. The SMILES string of the molecule is CC#CC(=O)N1CCC[C@H](n2nc(-c3ccc(Oc4ccccc4)cc3)c3c(N)ncnc32)C1. The number of anilines is 1. The Morgan fingerprint density at radius 2 is 1.85 bits per heavy atom. The van der Waals surface area contributed by atoms with Crippen molar-refractivity contribution in [2.24, 2.45) is 0 Å². The Balaban J connectivity index is 1.49. The maximum absolute atomic E-state index is 12.3. The van der Waals surface area contributed by atoms with Crippen LogP contribution in [-0.2, 0) is 4.79 Å². The van der Waals surface area contributed by atoms with Gasteiger partial charge in [-0.2, -0.15) is 5.10 Å². The van der Waals surface area contributed by atoms with Crippen LogP contribution >= 0.6 is 0 Å². The Kier molecular flexibility index (Phi) is 5.83. The van der Waals surface area contributed by atoms with E-state index in [0.717, 1.165) is 29.9 Å². The topological polar surface area (TPSA) is 99.2 Å². The van der Waals surface area contributed by atoms with E-state index in [4.69, 9.17) is 15.6 Å². The average molecular weight is 453 g/mol. The molecule has 0 saturated carbocycles. The fourth-order valence-corrected chi connectivity index (χ4v) is 4.28. The zero-order valence-electron chi connectivity index (χ0n) is 18.8. The molecule has 1 aliphatic heterocycles. The highest BCUT2D eigenvalue weighted by atomic mass is 16.5. The summed E-state index contributed by atoms with van der Waals surface area (Å²) in [5.41, 5.74) is 8.52. The summed E-state index contributed by atoms with van der Waals surface area (Å²) in [5.74, 6) is 7.03. The zero-order valence-corrected chi connectivity index (χ0v) is 18.8. The molecule has 0 bridgehead atoms. The third-order valence-corrected chi connectivity index (χ3v) is 5.89. The number of carbonyl (C=O) groups is 1. The van der Waals surface area contributed by atoms with Gasteiger partial charge in [-0.15, -0.1) is 0 Å². The number of benzene rings is 2. The molecule has 4 aromatic rings. The van der Waals surface area contributed by atoms with Gasteiger partial charge in [0.25, 0.3) is 5.91 Å². The number of ether oxygens (including phenoxy) is 1. The fraction of sp³-hybridized carbons (Fsp3) is 0.231. The molecule has 2 N–H and O–H groups in total. The Morgan fingerprint density at radius 1 is 1.09 bits per heavy atom. The van der Waals surface area contributed by atoms with Crippen LogP contribution in [0.5, 0.6) is 11.5 Å². The standard InChI is InChI=1S/C26H24N6O2/c1-2-7-22(33)31-15-6-8-19(16-31)32-26-23(25(27)28-17-29-26)24(30-32)18-11-13-21(14-12-18)34-20-9-4-3-5-10-20/h3-5,9-14,17,19H,6,8,15-16H2,1H3,(H2,27,28,29)/t19-/m0/s1. The van der Waals surface area contributed by atoms with E-state index < -0.39 is 0 Å². The largest absolute Gasteiger partial charge is 0.457 e. The quantitative estimate of drug-likeness (QED) is 0.469. The number of rotatable bonds is 4. The van der Waals surface area contributed by atoms with E-state index in [1.54, 1.807) is 11.8 Å². The van der Waals surface area contributed by atoms with Crippen molar-refractivity contribution in [2.45, 2.75) is 25.8 Å². The highest BCUT2D eigenvalue weighted by Crippen LogP contribution is 2.34. The number of nitrogens with two attached hydrogens (primary N) is 1. The van der Waals surface area contributed by atoms with E-state index in [1.807, 2.05) is 59.3 Å². The molecule has 1 saturated heterocycles. The minimum absolute atomic E-state index is 0.0254. The molecule has 0 radical (unpaired) electrons. The molecule has 0 unspecified atom stereocenters. The maximum Gasteiger partial charge on any atom is 0.298 e. The molecule has 1 atom stereocenters. The van der Waals surface area contributed by atoms with E-state index in [1.165, 1.54) is 6.33 Å². The number of hydrogen-bond donors (Lipinski definition) is 1. The highest BCUT2D eigenvalue weighted by molar-refractivity contribution is 5.98. The monoisotopic (exact) mass is 452 g/mol. The van der Waals surface area contributed by atoms with E-state index >= 15 is 0 Å². The molecule has 1 fully saturated rings. The number of nitrogen functional groups attached to an aromatic ring is 1. The van der Waals surface area contributed by atoms with Crippen molar-refractivity contribution in [1.82, 2.24) is 24.6 Å². The molecule has 34 heavy (non-hydrogen) atoms. The van der Waals surface area contributed by atoms with E-state index in [9.17, 15) is 4.79 Å². The van der Waals surface area contributed by atoms with Gasteiger partial charge in [0.15, 0.2) is 5.65 Å². The molecule has 2 aromatic heterocycles. The molecule has 1 amide bonds. The van der Waals surface area contributed by atoms with Crippen LogP contribution < -0.4 is 10.5 Å². The summed E-state index contributed by atoms with van der Waals surface area (Å²) in [7, 11) is 0. The van der Waals surface area contributed by atoms with Gasteiger partial charge in [-0.3, -0.25) is 4.79 Å². The number of hydrogen-bond acceptors (Lipinski definition) is 6. The van der Waals surface area contributed by atoms with Gasteiger partial charge in [-0.25, -0.2) is 14.6 Å². The molecule has 170 valence electrons. The van der Waals surface area contributed by atoms with Crippen LogP contribution in [0.4, 0.5) is 5.82 Å². The first kappa shape index (κ1) is 21.5. The third-order valence-electron chi connectivity index (χ3n) is 5.89. The molecule has 8 heteroatoms. The molecular formula is C26H24N6O2. The molecule has 5 rings (SSSR count). The van der Waals surface area contributed by atoms with Crippen LogP contribution in [0, 0.1) is 11.8 Å². The normalized spacial score (nSPS) is 15.6. The van der Waals surface area contributed by atoms with Crippen LogP contribution in [0.15, 0.2) is 60.9 Å². The molecule has 3 heterocycles. The van der Waals surface area contributed by atoms with Crippen molar-refractivity contribution in [3.63, 3.8) is 0 Å². The second kappa shape index (κ2) is 9.24. The van der Waals surface area contributed by atoms with Crippen LogP contribution in [0.3, 0.4) is 0 Å². The number of likely N-dealkylation sites (tertiary alicyclic amines) is 1. The molecule has 8 nitrogen and oxygen atoms in total. The summed E-state index contributed by atoms with van der Waals surface area (Å²) in [6.07, 6.45) is 3.20. The number of amides is 1. The van der Waals surface area contributed by atoms with Gasteiger partial charge in [0.1, 0.15) is 29.3 Å². The molecule has 2 aromatic carbocycles. The Hall–Kier alpha value is -4.38.